The summed E-state index contributed by atoms with van der Waals surface area (Å²) in [6.07, 6.45) is 2.98. The van der Waals surface area contributed by atoms with Crippen molar-refractivity contribution < 1.29 is 8.42 Å². The van der Waals surface area contributed by atoms with Gasteiger partial charge in [0.15, 0.2) is 5.03 Å². The second-order valence-electron chi connectivity index (χ2n) is 4.27. The highest BCUT2D eigenvalue weighted by Gasteiger charge is 2.19. The van der Waals surface area contributed by atoms with Gasteiger partial charge in [0.05, 0.1) is 11.7 Å². The van der Waals surface area contributed by atoms with E-state index >= 15 is 0 Å². The minimum Gasteiger partial charge on any atom is -0.336 e. The lowest BCUT2D eigenvalue weighted by Gasteiger charge is -2.10. The molecule has 1 N–H and O–H groups in total. The molecule has 2 aromatic rings. The van der Waals surface area contributed by atoms with Crippen LogP contribution in [0.4, 0.5) is 0 Å². The molecule has 0 bridgehead atoms. The van der Waals surface area contributed by atoms with E-state index in [9.17, 15) is 8.42 Å². The number of nitrogens with one attached hydrogen (secondary N) is 1. The zero-order valence-corrected chi connectivity index (χ0v) is 12.6. The maximum atomic E-state index is 12.1. The summed E-state index contributed by atoms with van der Waals surface area (Å²) >= 11 is 6.18. The lowest BCUT2D eigenvalue weighted by atomic mass is 10.1. The van der Waals surface area contributed by atoms with Crippen LogP contribution in [-0.2, 0) is 16.6 Å². The summed E-state index contributed by atoms with van der Waals surface area (Å²) < 4.78 is 28.3. The van der Waals surface area contributed by atoms with Crippen molar-refractivity contribution in [3.8, 4) is 0 Å². The van der Waals surface area contributed by atoms with Gasteiger partial charge in [0.2, 0.25) is 0 Å². The number of halogens is 1. The number of sulfonamides is 1. The Morgan fingerprint density at radius 3 is 2.65 bits per heavy atom. The van der Waals surface area contributed by atoms with Gasteiger partial charge in [-0.2, -0.15) is 0 Å². The van der Waals surface area contributed by atoms with Gasteiger partial charge in [-0.1, -0.05) is 30.3 Å². The maximum Gasteiger partial charge on any atom is 0.259 e. The third-order valence-electron chi connectivity index (χ3n) is 2.86. The average Bonchev–Trinajstić information content (AvgIpc) is 2.95. The lowest BCUT2D eigenvalue weighted by molar-refractivity contribution is 0.577. The largest absolute Gasteiger partial charge is 0.336 e. The summed E-state index contributed by atoms with van der Waals surface area (Å²) in [6, 6.07) is 9.33. The van der Waals surface area contributed by atoms with Crippen molar-refractivity contribution in [3.05, 3.63) is 48.4 Å². The van der Waals surface area contributed by atoms with E-state index in [0.29, 0.717) is 6.54 Å². The monoisotopic (exact) mass is 313 g/mol. The molecule has 1 atom stereocenters. The normalized spacial score (nSPS) is 13.3. The number of hydrogen-bond acceptors (Lipinski definition) is 3. The van der Waals surface area contributed by atoms with Crippen LogP contribution < -0.4 is 4.72 Å². The Bertz CT molecular complexity index is 655. The maximum absolute atomic E-state index is 12.1. The van der Waals surface area contributed by atoms with Crippen LogP contribution >= 0.6 is 11.6 Å². The van der Waals surface area contributed by atoms with Gasteiger partial charge in [-0.3, -0.25) is 0 Å². The van der Waals surface area contributed by atoms with Gasteiger partial charge in [0.25, 0.3) is 10.0 Å². The van der Waals surface area contributed by atoms with E-state index in [1.165, 1.54) is 12.5 Å². The van der Waals surface area contributed by atoms with E-state index in [-0.39, 0.29) is 11.6 Å². The molecule has 2 rings (SSSR count). The van der Waals surface area contributed by atoms with Crippen molar-refractivity contribution >= 4 is 21.6 Å². The predicted molar refractivity (Wildman–Crippen MR) is 78.1 cm³/mol. The standard InChI is InChI=1S/C13H16ClN3O2S/c1-2-17-9-13(15-10-17)20(18,19)16-8-12(14)11-6-4-3-5-7-11/h3-7,9-10,12,16H,2,8H2,1H3. The SMILES string of the molecule is CCn1cnc(S(=O)(=O)NCC(Cl)c2ccccc2)c1. The number of nitrogens with zero attached hydrogens (tertiary/aromatic N) is 2. The van der Waals surface area contributed by atoms with E-state index in [0.717, 1.165) is 5.56 Å². The lowest BCUT2D eigenvalue weighted by Crippen LogP contribution is -2.27. The molecule has 0 saturated heterocycles. The Kier molecular flexibility index (Phi) is 4.80. The molecule has 0 saturated carbocycles. The fourth-order valence-electron chi connectivity index (χ4n) is 1.69. The molecule has 20 heavy (non-hydrogen) atoms. The van der Waals surface area contributed by atoms with Gasteiger partial charge in [-0.05, 0) is 12.5 Å². The van der Waals surface area contributed by atoms with E-state index < -0.39 is 15.4 Å². The molecule has 0 radical (unpaired) electrons. The van der Waals surface area contributed by atoms with Gasteiger partial charge in [0.1, 0.15) is 0 Å². The molecule has 0 aliphatic heterocycles. The van der Waals surface area contributed by atoms with Gasteiger partial charge in [0, 0.05) is 19.3 Å². The fraction of sp³-hybridized carbons (Fsp3) is 0.308. The van der Waals surface area contributed by atoms with Crippen LogP contribution in [0.25, 0.3) is 0 Å². The number of benzene rings is 1. The molecule has 7 heteroatoms. The molecular formula is C13H16ClN3O2S. The average molecular weight is 314 g/mol. The minimum atomic E-state index is -3.62. The first-order valence-corrected chi connectivity index (χ1v) is 8.15. The van der Waals surface area contributed by atoms with Crippen LogP contribution in [0.2, 0.25) is 0 Å². The number of aryl methyl sites for hydroxylation is 1. The molecule has 1 unspecified atom stereocenters. The Morgan fingerprint density at radius 1 is 1.35 bits per heavy atom. The van der Waals surface area contributed by atoms with Crippen molar-refractivity contribution in [1.82, 2.24) is 14.3 Å². The summed E-state index contributed by atoms with van der Waals surface area (Å²) in [4.78, 5) is 3.88. The Morgan fingerprint density at radius 2 is 2.05 bits per heavy atom. The predicted octanol–water partition coefficient (Wildman–Crippen LogP) is 2.16. The van der Waals surface area contributed by atoms with E-state index in [1.54, 1.807) is 4.57 Å². The molecule has 0 aliphatic carbocycles. The third kappa shape index (κ3) is 3.59. The number of alkyl halides is 1. The Hall–Kier alpha value is -1.37. The highest BCUT2D eigenvalue weighted by molar-refractivity contribution is 7.89. The van der Waals surface area contributed by atoms with Crippen LogP contribution in [0.3, 0.4) is 0 Å². The molecule has 0 fully saturated rings. The first-order chi connectivity index (χ1) is 9.53. The van der Waals surface area contributed by atoms with Gasteiger partial charge < -0.3 is 4.57 Å². The van der Waals surface area contributed by atoms with Crippen LogP contribution in [0.5, 0.6) is 0 Å². The molecular weight excluding hydrogens is 298 g/mol. The zero-order valence-electron chi connectivity index (χ0n) is 11.0. The number of rotatable bonds is 6. The van der Waals surface area contributed by atoms with Crippen molar-refractivity contribution in [2.24, 2.45) is 0 Å². The van der Waals surface area contributed by atoms with Crippen LogP contribution in [-0.4, -0.2) is 24.5 Å². The van der Waals surface area contributed by atoms with Crippen molar-refractivity contribution in [3.63, 3.8) is 0 Å². The van der Waals surface area contributed by atoms with Crippen LogP contribution in [0.15, 0.2) is 47.9 Å². The molecule has 1 aromatic carbocycles. The Labute approximate surface area is 123 Å². The van der Waals surface area contributed by atoms with E-state index in [1.807, 2.05) is 37.3 Å². The number of aromatic nitrogens is 2. The molecule has 0 spiro atoms. The summed E-state index contributed by atoms with van der Waals surface area (Å²) in [5.41, 5.74) is 0.871. The molecule has 5 nitrogen and oxygen atoms in total. The van der Waals surface area contributed by atoms with Crippen LogP contribution in [0.1, 0.15) is 17.9 Å². The molecule has 1 heterocycles. The zero-order chi connectivity index (χ0) is 14.6. The van der Waals surface area contributed by atoms with Crippen molar-refractivity contribution in [2.45, 2.75) is 23.9 Å². The van der Waals surface area contributed by atoms with Crippen molar-refractivity contribution in [1.29, 1.82) is 0 Å². The highest BCUT2D eigenvalue weighted by atomic mass is 35.5. The summed E-state index contributed by atoms with van der Waals surface area (Å²) in [7, 11) is -3.62. The van der Waals surface area contributed by atoms with Gasteiger partial charge >= 0.3 is 0 Å². The molecule has 0 amide bonds. The molecule has 108 valence electrons. The third-order valence-corrected chi connectivity index (χ3v) is 4.58. The molecule has 0 aliphatic rings. The first-order valence-electron chi connectivity index (χ1n) is 6.23. The quantitative estimate of drug-likeness (QED) is 0.831. The van der Waals surface area contributed by atoms with E-state index in [4.69, 9.17) is 11.6 Å². The van der Waals surface area contributed by atoms with Gasteiger partial charge in [-0.25, -0.2) is 18.1 Å². The van der Waals surface area contributed by atoms with Gasteiger partial charge in [-0.15, -0.1) is 11.6 Å². The molecule has 1 aromatic heterocycles. The highest BCUT2D eigenvalue weighted by Crippen LogP contribution is 2.19. The number of hydrogen-bond donors (Lipinski definition) is 1. The van der Waals surface area contributed by atoms with Crippen molar-refractivity contribution in [2.75, 3.05) is 6.54 Å². The fourth-order valence-corrected chi connectivity index (χ4v) is 3.00. The second-order valence-corrected chi connectivity index (χ2v) is 6.51. The van der Waals surface area contributed by atoms with Crippen LogP contribution in [0, 0.1) is 0 Å². The summed E-state index contributed by atoms with van der Waals surface area (Å²) in [6.45, 7) is 2.70. The van der Waals surface area contributed by atoms with E-state index in [2.05, 4.69) is 9.71 Å². The Balaban J connectivity index is 2.02. The summed E-state index contributed by atoms with van der Waals surface area (Å²) in [5, 5.41) is -0.407. The number of imidazole rings is 1. The second kappa shape index (κ2) is 6.39. The summed E-state index contributed by atoms with van der Waals surface area (Å²) in [5.74, 6) is 0. The topological polar surface area (TPSA) is 64.0 Å². The first kappa shape index (κ1) is 15.0. The minimum absolute atomic E-state index is 0.0104. The smallest absolute Gasteiger partial charge is 0.259 e.